The van der Waals surface area contributed by atoms with E-state index in [0.717, 1.165) is 22.7 Å². The minimum absolute atomic E-state index is 0.222. The van der Waals surface area contributed by atoms with E-state index in [0.29, 0.717) is 32.0 Å². The summed E-state index contributed by atoms with van der Waals surface area (Å²) in [5, 5.41) is 0. The highest BCUT2D eigenvalue weighted by Gasteiger charge is 2.80. The molecule has 236 valence electrons. The molecule has 0 aliphatic heterocycles. The molecule has 0 fully saturated rings. The van der Waals surface area contributed by atoms with Gasteiger partial charge >= 0.3 is 17.8 Å². The Bertz CT molecular complexity index is 1960. The van der Waals surface area contributed by atoms with Gasteiger partial charge in [-0.05, 0) is 47.2 Å². The SMILES string of the molecule is Cc1c(-c2ccccc2)sc(-c2ccccc2)c1C1=C(c2c(-c3ccccc3)sc(-c3ccccc3)c2C)C(F)(F)C(F)(F)C1(F)F. The van der Waals surface area contributed by atoms with Crippen LogP contribution in [-0.2, 0) is 0 Å². The number of benzene rings is 4. The van der Waals surface area contributed by atoms with Gasteiger partial charge in [-0.25, -0.2) is 0 Å². The quantitative estimate of drug-likeness (QED) is 0.155. The zero-order chi connectivity index (χ0) is 33.1. The maximum atomic E-state index is 16.5. The van der Waals surface area contributed by atoms with E-state index in [4.69, 9.17) is 0 Å². The maximum Gasteiger partial charge on any atom is 0.380 e. The first kappa shape index (κ1) is 31.2. The summed E-state index contributed by atoms with van der Waals surface area (Å²) in [6.07, 6.45) is 0. The normalized spacial score (nSPS) is 16.5. The van der Waals surface area contributed by atoms with Crippen molar-refractivity contribution >= 4 is 33.8 Å². The molecule has 0 N–H and O–H groups in total. The Kier molecular flexibility index (Phi) is 7.56. The highest BCUT2D eigenvalue weighted by molar-refractivity contribution is 7.20. The van der Waals surface area contributed by atoms with Crippen molar-refractivity contribution in [2.24, 2.45) is 0 Å². The number of halogens is 6. The van der Waals surface area contributed by atoms with Crippen molar-refractivity contribution in [1.29, 1.82) is 0 Å². The zero-order valence-electron chi connectivity index (χ0n) is 25.1. The summed E-state index contributed by atoms with van der Waals surface area (Å²) < 4.78 is 97.7. The van der Waals surface area contributed by atoms with E-state index in [9.17, 15) is 0 Å². The zero-order valence-corrected chi connectivity index (χ0v) is 26.8. The van der Waals surface area contributed by atoms with Gasteiger partial charge in [-0.15, -0.1) is 22.7 Å². The van der Waals surface area contributed by atoms with Gasteiger partial charge in [0.1, 0.15) is 0 Å². The summed E-state index contributed by atoms with van der Waals surface area (Å²) in [4.78, 5) is 1.52. The van der Waals surface area contributed by atoms with E-state index in [1.54, 1.807) is 135 Å². The molecular weight excluding hydrogens is 647 g/mol. The van der Waals surface area contributed by atoms with Gasteiger partial charge in [-0.2, -0.15) is 26.3 Å². The fourth-order valence-corrected chi connectivity index (χ4v) is 8.98. The average molecular weight is 673 g/mol. The minimum atomic E-state index is -5.70. The van der Waals surface area contributed by atoms with Crippen LogP contribution in [0.2, 0.25) is 0 Å². The third-order valence-corrected chi connectivity index (χ3v) is 11.4. The van der Waals surface area contributed by atoms with E-state index >= 15 is 26.3 Å². The van der Waals surface area contributed by atoms with Crippen LogP contribution < -0.4 is 0 Å². The lowest BCUT2D eigenvalue weighted by atomic mass is 9.88. The molecule has 2 aromatic heterocycles. The van der Waals surface area contributed by atoms with E-state index in [1.807, 2.05) is 0 Å². The molecule has 0 amide bonds. The predicted octanol–water partition coefficient (Wildman–Crippen LogP) is 12.9. The predicted molar refractivity (Wildman–Crippen MR) is 182 cm³/mol. The number of rotatable bonds is 6. The Hall–Kier alpha value is -4.40. The van der Waals surface area contributed by atoms with Crippen LogP contribution in [0.15, 0.2) is 121 Å². The van der Waals surface area contributed by atoms with Gasteiger partial charge < -0.3 is 0 Å². The Labute approximate surface area is 276 Å². The molecule has 2 heterocycles. The number of alkyl halides is 6. The molecule has 0 unspecified atom stereocenters. The van der Waals surface area contributed by atoms with E-state index in [2.05, 4.69) is 0 Å². The molecule has 0 nitrogen and oxygen atoms in total. The number of hydrogen-bond donors (Lipinski definition) is 0. The molecule has 0 spiro atoms. The molecule has 4 aromatic carbocycles. The molecule has 0 saturated carbocycles. The maximum absolute atomic E-state index is 16.5. The van der Waals surface area contributed by atoms with Crippen LogP contribution in [0, 0.1) is 13.8 Å². The van der Waals surface area contributed by atoms with Gasteiger partial charge in [0, 0.05) is 41.8 Å². The summed E-state index contributed by atoms with van der Waals surface area (Å²) >= 11 is 2.26. The van der Waals surface area contributed by atoms with Crippen LogP contribution in [0.3, 0.4) is 0 Å². The van der Waals surface area contributed by atoms with Crippen LogP contribution in [0.4, 0.5) is 26.3 Å². The number of thiophene rings is 2. The smallest absolute Gasteiger partial charge is 0.194 e. The van der Waals surface area contributed by atoms with Crippen LogP contribution in [0.5, 0.6) is 0 Å². The first-order valence-electron chi connectivity index (χ1n) is 14.8. The fourth-order valence-electron chi connectivity index (χ4n) is 6.33. The second kappa shape index (κ2) is 11.4. The van der Waals surface area contributed by atoms with E-state index in [1.165, 1.54) is 0 Å². The Morgan fingerprint density at radius 2 is 0.638 bits per heavy atom. The van der Waals surface area contributed by atoms with E-state index < -0.39 is 28.9 Å². The summed E-state index contributed by atoms with van der Waals surface area (Å²) in [6, 6.07) is 34.8. The van der Waals surface area contributed by atoms with E-state index in [-0.39, 0.29) is 32.0 Å². The van der Waals surface area contributed by atoms with Gasteiger partial charge in [0.15, 0.2) is 0 Å². The number of allylic oxidation sites excluding steroid dienone is 2. The monoisotopic (exact) mass is 672 g/mol. The fraction of sp³-hybridized carbons (Fsp3) is 0.128. The lowest BCUT2D eigenvalue weighted by molar-refractivity contribution is -0.254. The van der Waals surface area contributed by atoms with Gasteiger partial charge in [0.05, 0.1) is 0 Å². The summed E-state index contributed by atoms with van der Waals surface area (Å²) in [5.41, 5.74) is -0.503. The van der Waals surface area contributed by atoms with Crippen molar-refractivity contribution < 1.29 is 26.3 Å². The number of hydrogen-bond acceptors (Lipinski definition) is 2. The molecular formula is C39H26F6S2. The van der Waals surface area contributed by atoms with Crippen LogP contribution in [0.25, 0.3) is 52.9 Å². The van der Waals surface area contributed by atoms with Crippen molar-refractivity contribution in [2.75, 3.05) is 0 Å². The summed E-state index contributed by atoms with van der Waals surface area (Å²) in [6.45, 7) is 3.09. The first-order valence-corrected chi connectivity index (χ1v) is 16.5. The highest BCUT2D eigenvalue weighted by atomic mass is 32.1. The Morgan fingerprint density at radius 3 is 0.915 bits per heavy atom. The Balaban J connectivity index is 1.65. The lowest BCUT2D eigenvalue weighted by Gasteiger charge is -2.26. The average Bonchev–Trinajstić information content (AvgIpc) is 3.63. The molecule has 0 atom stereocenters. The van der Waals surface area contributed by atoms with Gasteiger partial charge in [-0.1, -0.05) is 121 Å². The standard InChI is InChI=1S/C39H26F6S2/c1-23-29(35(27-19-11-5-12-20-27)46-33(23)25-15-7-3-8-16-25)31-32(38(42,43)39(44,45)37(31,40)41)30-24(2)34(26-17-9-4-10-18-26)47-36(30)28-21-13-6-14-22-28/h3-22H,1-2H3. The van der Waals surface area contributed by atoms with Crippen molar-refractivity contribution in [1.82, 2.24) is 0 Å². The second-order valence-corrected chi connectivity index (χ2v) is 13.5. The molecule has 8 heteroatoms. The van der Waals surface area contributed by atoms with Crippen LogP contribution >= 0.6 is 22.7 Å². The minimum Gasteiger partial charge on any atom is -0.194 e. The van der Waals surface area contributed by atoms with Gasteiger partial charge in [0.25, 0.3) is 0 Å². The van der Waals surface area contributed by atoms with Gasteiger partial charge in [-0.3, -0.25) is 0 Å². The lowest BCUT2D eigenvalue weighted by Crippen LogP contribution is -2.49. The molecule has 0 radical (unpaired) electrons. The van der Waals surface area contributed by atoms with Crippen LogP contribution in [-0.4, -0.2) is 17.8 Å². The third-order valence-electron chi connectivity index (χ3n) is 8.60. The molecule has 1 aliphatic rings. The second-order valence-electron chi connectivity index (χ2n) is 11.5. The van der Waals surface area contributed by atoms with Crippen molar-refractivity contribution in [3.8, 4) is 41.8 Å². The molecule has 47 heavy (non-hydrogen) atoms. The van der Waals surface area contributed by atoms with Crippen LogP contribution in [0.1, 0.15) is 22.3 Å². The summed E-state index contributed by atoms with van der Waals surface area (Å²) in [7, 11) is 0. The highest BCUT2D eigenvalue weighted by Crippen LogP contribution is 2.68. The largest absolute Gasteiger partial charge is 0.380 e. The molecule has 7 rings (SSSR count). The van der Waals surface area contributed by atoms with Gasteiger partial charge in [0.2, 0.25) is 0 Å². The first-order chi connectivity index (χ1) is 22.5. The molecule has 1 aliphatic carbocycles. The molecule has 0 bridgehead atoms. The van der Waals surface area contributed by atoms with Crippen molar-refractivity contribution in [3.63, 3.8) is 0 Å². The summed E-state index contributed by atoms with van der Waals surface area (Å²) in [5.74, 6) is -16.1. The third kappa shape index (κ3) is 4.72. The Morgan fingerprint density at radius 1 is 0.383 bits per heavy atom. The topological polar surface area (TPSA) is 0 Å². The molecule has 6 aromatic rings. The molecule has 0 saturated heterocycles. The van der Waals surface area contributed by atoms with Crippen molar-refractivity contribution in [3.05, 3.63) is 144 Å². The van der Waals surface area contributed by atoms with Crippen molar-refractivity contribution in [2.45, 2.75) is 31.6 Å².